The van der Waals surface area contributed by atoms with Gasteiger partial charge in [0, 0.05) is 62.6 Å². The number of para-hydroxylation sites is 1. The molecule has 2 aromatic carbocycles. The van der Waals surface area contributed by atoms with E-state index in [1.807, 2.05) is 12.1 Å². The summed E-state index contributed by atoms with van der Waals surface area (Å²) in [6.45, 7) is 8.54. The van der Waals surface area contributed by atoms with Gasteiger partial charge in [-0.1, -0.05) is 24.3 Å². The van der Waals surface area contributed by atoms with Gasteiger partial charge in [0.05, 0.1) is 5.52 Å². The van der Waals surface area contributed by atoms with Crippen molar-refractivity contribution in [3.05, 3.63) is 70.3 Å². The highest BCUT2D eigenvalue weighted by Gasteiger charge is 2.27. The topological polar surface area (TPSA) is 73.3 Å². The molecule has 0 unspecified atom stereocenters. The fourth-order valence-electron chi connectivity index (χ4n) is 5.64. The normalized spacial score (nSPS) is 18.1. The maximum Gasteiger partial charge on any atom is 0.273 e. The van der Waals surface area contributed by atoms with Crippen LogP contribution < -0.4 is 10.5 Å². The van der Waals surface area contributed by atoms with Crippen LogP contribution in [0.3, 0.4) is 0 Å². The van der Waals surface area contributed by atoms with Crippen LogP contribution in [-0.4, -0.2) is 82.1 Å². The van der Waals surface area contributed by atoms with E-state index in [-0.39, 0.29) is 5.69 Å². The summed E-state index contributed by atoms with van der Waals surface area (Å²) in [5, 5.41) is 11.9. The molecule has 0 atom stereocenters. The van der Waals surface area contributed by atoms with E-state index >= 15 is 0 Å². The lowest BCUT2D eigenvalue weighted by Gasteiger charge is -2.42. The van der Waals surface area contributed by atoms with Crippen molar-refractivity contribution in [2.24, 2.45) is 0 Å². The first kappa shape index (κ1) is 23.8. The molecule has 0 aliphatic carbocycles. The lowest BCUT2D eigenvalue weighted by atomic mass is 10.0. The third-order valence-corrected chi connectivity index (χ3v) is 7.87. The quantitative estimate of drug-likeness (QED) is 0.462. The van der Waals surface area contributed by atoms with Crippen molar-refractivity contribution in [2.75, 3.05) is 51.2 Å². The Morgan fingerprint density at radius 3 is 2.41 bits per heavy atom. The van der Waals surface area contributed by atoms with Crippen LogP contribution in [0, 0.1) is 12.7 Å². The number of hydrogen-bond acceptors (Lipinski definition) is 6. The molecule has 4 aromatic rings. The van der Waals surface area contributed by atoms with E-state index in [1.165, 1.54) is 43.8 Å². The van der Waals surface area contributed by atoms with Gasteiger partial charge in [-0.3, -0.25) is 14.8 Å². The van der Waals surface area contributed by atoms with Crippen molar-refractivity contribution < 1.29 is 4.39 Å². The molecule has 2 aliphatic heterocycles. The zero-order chi connectivity index (χ0) is 25.5. The van der Waals surface area contributed by atoms with E-state index in [0.29, 0.717) is 28.3 Å². The highest BCUT2D eigenvalue weighted by molar-refractivity contribution is 5.89. The predicted molar refractivity (Wildman–Crippen MR) is 144 cm³/mol. The molecule has 37 heavy (non-hydrogen) atoms. The van der Waals surface area contributed by atoms with Crippen molar-refractivity contribution >= 4 is 16.7 Å². The second-order valence-corrected chi connectivity index (χ2v) is 10.2. The summed E-state index contributed by atoms with van der Waals surface area (Å²) in [6, 6.07) is 15.2. The van der Waals surface area contributed by atoms with Gasteiger partial charge in [0.1, 0.15) is 22.7 Å². The number of rotatable bonds is 4. The van der Waals surface area contributed by atoms with Gasteiger partial charge < -0.3 is 9.80 Å². The van der Waals surface area contributed by atoms with E-state index in [0.717, 1.165) is 36.4 Å². The van der Waals surface area contributed by atoms with Crippen LogP contribution in [0.4, 0.5) is 10.1 Å². The van der Waals surface area contributed by atoms with Gasteiger partial charge in [-0.2, -0.15) is 14.9 Å². The molecule has 6 rings (SSSR count). The molecule has 2 aliphatic rings. The number of aromatic amines is 1. The number of nitrogens with zero attached hydrogens (tertiary/aromatic N) is 6. The summed E-state index contributed by atoms with van der Waals surface area (Å²) >= 11 is 0. The van der Waals surface area contributed by atoms with Gasteiger partial charge in [0.2, 0.25) is 0 Å². The molecule has 8 nitrogen and oxygen atoms in total. The number of piperidine rings is 1. The molecule has 9 heteroatoms. The first-order valence-electron chi connectivity index (χ1n) is 13.0. The second kappa shape index (κ2) is 9.72. The molecule has 0 amide bonds. The van der Waals surface area contributed by atoms with E-state index in [1.54, 1.807) is 19.1 Å². The Morgan fingerprint density at radius 1 is 0.973 bits per heavy atom. The predicted octanol–water partition coefficient (Wildman–Crippen LogP) is 3.44. The molecule has 0 radical (unpaired) electrons. The minimum Gasteiger partial charge on any atom is -0.371 e. The number of nitrogens with one attached hydrogen (secondary N) is 1. The van der Waals surface area contributed by atoms with Crippen molar-refractivity contribution in [1.82, 2.24) is 29.8 Å². The summed E-state index contributed by atoms with van der Waals surface area (Å²) in [6.07, 6.45) is 2.37. The lowest BCUT2D eigenvalue weighted by Crippen LogP contribution is -2.52. The highest BCUT2D eigenvalue weighted by Crippen LogP contribution is 2.29. The minimum absolute atomic E-state index is 0.164. The Morgan fingerprint density at radius 2 is 1.70 bits per heavy atom. The molecule has 2 aromatic heterocycles. The van der Waals surface area contributed by atoms with Gasteiger partial charge in [-0.15, -0.1) is 0 Å². The van der Waals surface area contributed by atoms with E-state index in [9.17, 15) is 9.18 Å². The number of likely N-dealkylation sites (N-methyl/N-ethyl adjacent to an activating group) is 1. The smallest absolute Gasteiger partial charge is 0.273 e. The van der Waals surface area contributed by atoms with Crippen LogP contribution in [0.1, 0.15) is 18.4 Å². The number of aromatic nitrogens is 4. The summed E-state index contributed by atoms with van der Waals surface area (Å²) < 4.78 is 15.7. The van der Waals surface area contributed by atoms with Gasteiger partial charge in [0.25, 0.3) is 5.56 Å². The number of aryl methyl sites for hydroxylation is 1. The van der Waals surface area contributed by atoms with Crippen molar-refractivity contribution in [1.29, 1.82) is 0 Å². The number of anilines is 1. The molecule has 0 bridgehead atoms. The molecular weight excluding hydrogens is 469 g/mol. The van der Waals surface area contributed by atoms with Crippen LogP contribution >= 0.6 is 0 Å². The van der Waals surface area contributed by atoms with Crippen molar-refractivity contribution in [2.45, 2.75) is 25.8 Å². The number of fused-ring (bicyclic) bond motifs is 1. The summed E-state index contributed by atoms with van der Waals surface area (Å²) in [4.78, 5) is 20.2. The Balaban J connectivity index is 1.22. The Kier molecular flexibility index (Phi) is 6.26. The zero-order valence-electron chi connectivity index (χ0n) is 21.3. The molecular formula is C28H32FN7O. The monoisotopic (exact) mass is 501 g/mol. The summed E-state index contributed by atoms with van der Waals surface area (Å²) in [7, 11) is 2.20. The molecule has 0 spiro atoms. The van der Waals surface area contributed by atoms with Gasteiger partial charge in [-0.25, -0.2) is 4.39 Å². The van der Waals surface area contributed by atoms with Gasteiger partial charge >= 0.3 is 0 Å². The summed E-state index contributed by atoms with van der Waals surface area (Å²) in [5.41, 5.74) is 4.18. The standard InChI is InChI=1S/C28H32FN7O/c1-19-4-3-5-23(29)28(19)36-25(37)18-24-27(32-36)26(31-30-24)20-6-8-21(9-7-20)34-12-10-22(11-13-34)35-16-14-33(2)15-17-35/h3-9,18,22,30H,10-17H2,1-2H3. The Bertz CT molecular complexity index is 1440. The number of piperazine rings is 1. The molecule has 192 valence electrons. The van der Waals surface area contributed by atoms with Gasteiger partial charge in [-0.05, 0) is 50.6 Å². The maximum absolute atomic E-state index is 14.6. The fraction of sp³-hybridized carbons (Fsp3) is 0.393. The van der Waals surface area contributed by atoms with Crippen LogP contribution in [0.15, 0.2) is 53.3 Å². The van der Waals surface area contributed by atoms with Crippen LogP contribution in [0.5, 0.6) is 0 Å². The number of H-pyrrole nitrogens is 1. The van der Waals surface area contributed by atoms with E-state index in [4.69, 9.17) is 0 Å². The number of halogens is 1. The van der Waals surface area contributed by atoms with Crippen molar-refractivity contribution in [3.8, 4) is 16.9 Å². The molecule has 2 fully saturated rings. The van der Waals surface area contributed by atoms with Crippen LogP contribution in [0.2, 0.25) is 0 Å². The Labute approximate surface area is 215 Å². The van der Waals surface area contributed by atoms with Gasteiger partial charge in [0.15, 0.2) is 0 Å². The number of hydrogen-bond donors (Lipinski definition) is 1. The molecule has 2 saturated heterocycles. The highest BCUT2D eigenvalue weighted by atomic mass is 19.1. The largest absolute Gasteiger partial charge is 0.371 e. The Hall–Kier alpha value is -3.56. The molecule has 0 saturated carbocycles. The van der Waals surface area contributed by atoms with Crippen molar-refractivity contribution in [3.63, 3.8) is 0 Å². The first-order chi connectivity index (χ1) is 18.0. The number of benzene rings is 2. The third kappa shape index (κ3) is 4.53. The molecule has 4 heterocycles. The zero-order valence-corrected chi connectivity index (χ0v) is 21.3. The maximum atomic E-state index is 14.6. The minimum atomic E-state index is -0.486. The SMILES string of the molecule is Cc1cccc(F)c1-n1nc2c(-c3ccc(N4CCC(N5CCN(C)CC5)CC4)cc3)n[nH]c2cc1=O. The molecule has 1 N–H and O–H groups in total. The van der Waals surface area contributed by atoms with Crippen LogP contribution in [-0.2, 0) is 0 Å². The third-order valence-electron chi connectivity index (χ3n) is 7.87. The fourth-order valence-corrected chi connectivity index (χ4v) is 5.64. The average molecular weight is 502 g/mol. The van der Waals surface area contributed by atoms with Crippen LogP contribution in [0.25, 0.3) is 28.0 Å². The second-order valence-electron chi connectivity index (χ2n) is 10.2. The van der Waals surface area contributed by atoms with E-state index < -0.39 is 11.4 Å². The van der Waals surface area contributed by atoms with E-state index in [2.05, 4.69) is 49.2 Å². The summed E-state index contributed by atoms with van der Waals surface area (Å²) in [5.74, 6) is -0.486. The lowest BCUT2D eigenvalue weighted by molar-refractivity contribution is 0.0982. The average Bonchev–Trinajstić information content (AvgIpc) is 3.32. The first-order valence-corrected chi connectivity index (χ1v) is 13.0.